The predicted molar refractivity (Wildman–Crippen MR) is 117 cm³/mol. The molecule has 0 aromatic heterocycles. The number of hydrogen-bond donors (Lipinski definition) is 1. The highest BCUT2D eigenvalue weighted by atomic mass is 16.6. The molecule has 0 aromatic carbocycles. The monoisotopic (exact) mass is 430 g/mol. The normalized spacial score (nSPS) is 44.0. The van der Waals surface area contributed by atoms with Gasteiger partial charge in [-0.25, -0.2) is 0 Å². The van der Waals surface area contributed by atoms with E-state index < -0.39 is 17.6 Å². The number of ether oxygens (including phenoxy) is 1. The number of aliphatic hydroxyl groups excluding tert-OH is 1. The number of carbonyl (C=O) groups excluding carboxylic acids is 3. The van der Waals surface area contributed by atoms with Crippen molar-refractivity contribution >= 4 is 17.5 Å². The summed E-state index contributed by atoms with van der Waals surface area (Å²) < 4.78 is 6.08. The predicted octanol–water partition coefficient (Wildman–Crippen LogP) is 4.41. The van der Waals surface area contributed by atoms with Gasteiger partial charge in [-0.15, -0.1) is 0 Å². The van der Waals surface area contributed by atoms with Crippen LogP contribution in [0, 0.1) is 34.5 Å². The number of ketones is 2. The third kappa shape index (κ3) is 3.09. The first-order chi connectivity index (χ1) is 14.6. The molecule has 0 saturated heterocycles. The number of aliphatic hydroxyl groups is 1. The first-order valence-corrected chi connectivity index (χ1v) is 12.2. The molecule has 0 unspecified atom stereocenters. The van der Waals surface area contributed by atoms with Crippen LogP contribution >= 0.6 is 0 Å². The molecule has 0 aliphatic heterocycles. The second-order valence-electron chi connectivity index (χ2n) is 11.1. The lowest BCUT2D eigenvalue weighted by Crippen LogP contribution is -2.60. The molecule has 0 bridgehead atoms. The molecule has 3 saturated carbocycles. The Hall–Kier alpha value is -1.49. The Balaban J connectivity index is 1.75. The fraction of sp³-hybridized carbons (Fsp3) is 0.808. The maximum Gasteiger partial charge on any atom is 0.306 e. The summed E-state index contributed by atoms with van der Waals surface area (Å²) in [5.41, 5.74) is -0.233. The Morgan fingerprint density at radius 2 is 2.00 bits per heavy atom. The van der Waals surface area contributed by atoms with Crippen LogP contribution in [0.3, 0.4) is 0 Å². The largest absolute Gasteiger partial charge is 0.450 e. The van der Waals surface area contributed by atoms with Gasteiger partial charge in [-0.2, -0.15) is 0 Å². The van der Waals surface area contributed by atoms with Gasteiger partial charge in [-0.3, -0.25) is 14.4 Å². The number of carbonyl (C=O) groups is 3. The van der Waals surface area contributed by atoms with Crippen LogP contribution in [0.2, 0.25) is 0 Å². The van der Waals surface area contributed by atoms with E-state index >= 15 is 0 Å². The molecule has 1 N–H and O–H groups in total. The van der Waals surface area contributed by atoms with Gasteiger partial charge in [0.2, 0.25) is 5.78 Å². The Labute approximate surface area is 186 Å². The van der Waals surface area contributed by atoms with Crippen molar-refractivity contribution in [3.63, 3.8) is 0 Å². The van der Waals surface area contributed by atoms with Crippen molar-refractivity contribution in [2.24, 2.45) is 34.5 Å². The van der Waals surface area contributed by atoms with E-state index in [1.54, 1.807) is 0 Å². The molecule has 4 rings (SSSR count). The molecular weight excluding hydrogens is 392 g/mol. The summed E-state index contributed by atoms with van der Waals surface area (Å²) >= 11 is 0. The van der Waals surface area contributed by atoms with Crippen molar-refractivity contribution in [3.8, 4) is 0 Å². The average molecular weight is 431 g/mol. The Morgan fingerprint density at radius 1 is 1.26 bits per heavy atom. The Kier molecular flexibility index (Phi) is 5.73. The number of fused-ring (bicyclic) bond motifs is 5. The van der Waals surface area contributed by atoms with E-state index in [0.29, 0.717) is 43.3 Å². The fourth-order valence-electron chi connectivity index (χ4n) is 8.07. The van der Waals surface area contributed by atoms with E-state index in [1.165, 1.54) is 5.57 Å². The molecule has 7 atom stereocenters. The molecule has 0 aromatic rings. The minimum Gasteiger partial charge on any atom is -0.450 e. The van der Waals surface area contributed by atoms with Crippen molar-refractivity contribution in [3.05, 3.63) is 11.6 Å². The van der Waals surface area contributed by atoms with Crippen LogP contribution in [0.1, 0.15) is 85.5 Å². The molecule has 5 heteroatoms. The lowest BCUT2D eigenvalue weighted by molar-refractivity contribution is -0.190. The van der Waals surface area contributed by atoms with Gasteiger partial charge in [0.15, 0.2) is 5.60 Å². The van der Waals surface area contributed by atoms with Crippen molar-refractivity contribution in [2.75, 3.05) is 6.61 Å². The molecule has 0 spiro atoms. The van der Waals surface area contributed by atoms with E-state index in [1.807, 2.05) is 13.8 Å². The van der Waals surface area contributed by atoms with Gasteiger partial charge in [0.25, 0.3) is 0 Å². The summed E-state index contributed by atoms with van der Waals surface area (Å²) in [5, 5.41) is 9.89. The third-order valence-corrected chi connectivity index (χ3v) is 9.67. The number of hydrogen-bond acceptors (Lipinski definition) is 5. The lowest BCUT2D eigenvalue weighted by Gasteiger charge is -2.57. The second-order valence-corrected chi connectivity index (χ2v) is 11.1. The first kappa shape index (κ1) is 22.7. The molecule has 0 amide bonds. The summed E-state index contributed by atoms with van der Waals surface area (Å²) in [5.74, 6) is 0.590. The second kappa shape index (κ2) is 7.83. The minimum atomic E-state index is -1.26. The fourth-order valence-corrected chi connectivity index (χ4v) is 8.07. The van der Waals surface area contributed by atoms with Gasteiger partial charge in [0.05, 0.1) is 0 Å². The van der Waals surface area contributed by atoms with Gasteiger partial charge in [-0.1, -0.05) is 39.3 Å². The smallest absolute Gasteiger partial charge is 0.306 e. The van der Waals surface area contributed by atoms with Gasteiger partial charge < -0.3 is 9.84 Å². The van der Waals surface area contributed by atoms with Gasteiger partial charge in [-0.05, 0) is 61.7 Å². The van der Waals surface area contributed by atoms with Gasteiger partial charge in [0, 0.05) is 30.6 Å². The minimum absolute atomic E-state index is 0.0620. The maximum atomic E-state index is 13.2. The molecule has 31 heavy (non-hydrogen) atoms. The van der Waals surface area contributed by atoms with Crippen LogP contribution in [-0.2, 0) is 19.1 Å². The van der Waals surface area contributed by atoms with Crippen LogP contribution < -0.4 is 0 Å². The van der Waals surface area contributed by atoms with E-state index in [-0.39, 0.29) is 35.4 Å². The van der Waals surface area contributed by atoms with Crippen molar-refractivity contribution in [1.82, 2.24) is 0 Å². The molecule has 3 fully saturated rings. The summed E-state index contributed by atoms with van der Waals surface area (Å²) in [6.07, 6.45) is 9.13. The van der Waals surface area contributed by atoms with Crippen LogP contribution in [-0.4, -0.2) is 34.9 Å². The van der Waals surface area contributed by atoms with E-state index in [4.69, 9.17) is 4.74 Å². The molecular formula is C26H38O5. The molecule has 172 valence electrons. The zero-order valence-corrected chi connectivity index (χ0v) is 19.5. The third-order valence-electron chi connectivity index (χ3n) is 9.67. The van der Waals surface area contributed by atoms with Gasteiger partial charge in [0.1, 0.15) is 12.4 Å². The van der Waals surface area contributed by atoms with Gasteiger partial charge >= 0.3 is 5.97 Å². The quantitative estimate of drug-likeness (QED) is 0.516. The molecule has 4 aliphatic rings. The lowest BCUT2D eigenvalue weighted by atomic mass is 9.48. The Bertz CT molecular complexity index is 815. The molecule has 0 radical (unpaired) electrons. The number of rotatable bonds is 5. The van der Waals surface area contributed by atoms with Crippen LogP contribution in [0.5, 0.6) is 0 Å². The van der Waals surface area contributed by atoms with Crippen molar-refractivity contribution in [2.45, 2.75) is 91.1 Å². The van der Waals surface area contributed by atoms with E-state index in [2.05, 4.69) is 19.9 Å². The molecule has 5 nitrogen and oxygen atoms in total. The van der Waals surface area contributed by atoms with E-state index in [0.717, 1.165) is 25.7 Å². The maximum absolute atomic E-state index is 13.2. The molecule has 0 heterocycles. The standard InChI is InChI=1S/C26H38O5/c1-5-6-23(30)31-26(22(29)15-27)16(2)13-21-19-8-7-17-14-18(28)9-11-24(17,3)20(19)10-12-25(21,26)4/h10,16-17,19,21,27H,5-9,11-15H2,1-4H3/t16-,17-,19+,21-,24-,25-,26-/m0/s1. The van der Waals surface area contributed by atoms with E-state index in [9.17, 15) is 19.5 Å². The topological polar surface area (TPSA) is 80.7 Å². The zero-order valence-electron chi connectivity index (χ0n) is 19.5. The number of esters is 1. The SMILES string of the molecule is CCCC(=O)O[C@]1(C(=O)CO)[C@@H](C)C[C@H]2[C@@H]3CC[C@H]4CC(=O)CC[C@]4(C)C3=CC[C@@]21C. The zero-order chi connectivity index (χ0) is 22.6. The summed E-state index contributed by atoms with van der Waals surface area (Å²) in [7, 11) is 0. The summed E-state index contributed by atoms with van der Waals surface area (Å²) in [4.78, 5) is 38.0. The highest BCUT2D eigenvalue weighted by Gasteiger charge is 2.70. The summed E-state index contributed by atoms with van der Waals surface area (Å²) in [6, 6.07) is 0. The van der Waals surface area contributed by atoms with Crippen LogP contribution in [0.25, 0.3) is 0 Å². The summed E-state index contributed by atoms with van der Waals surface area (Å²) in [6.45, 7) is 7.79. The molecule has 4 aliphatic carbocycles. The highest BCUT2D eigenvalue weighted by molar-refractivity contribution is 5.92. The van der Waals surface area contributed by atoms with Crippen molar-refractivity contribution < 1.29 is 24.2 Å². The Morgan fingerprint density at radius 3 is 2.68 bits per heavy atom. The highest BCUT2D eigenvalue weighted by Crippen LogP contribution is 2.68. The van der Waals surface area contributed by atoms with Crippen LogP contribution in [0.15, 0.2) is 11.6 Å². The number of Topliss-reactive ketones (excluding diaryl/α,β-unsaturated/α-hetero) is 2. The van der Waals surface area contributed by atoms with Crippen molar-refractivity contribution in [1.29, 1.82) is 0 Å². The average Bonchev–Trinajstić information content (AvgIpc) is 2.96. The number of allylic oxidation sites excluding steroid dienone is 2. The van der Waals surface area contributed by atoms with Crippen LogP contribution in [0.4, 0.5) is 0 Å². The first-order valence-electron chi connectivity index (χ1n) is 12.2.